The summed E-state index contributed by atoms with van der Waals surface area (Å²) in [6.07, 6.45) is 0. The quantitative estimate of drug-likeness (QED) is 0.177. The second kappa shape index (κ2) is 11.5. The number of hydrogen-bond acceptors (Lipinski definition) is 8. The molecule has 40 heavy (non-hydrogen) atoms. The van der Waals surface area contributed by atoms with Crippen LogP contribution in [0.25, 0.3) is 10.9 Å². The summed E-state index contributed by atoms with van der Waals surface area (Å²) in [7, 11) is -2.74. The van der Waals surface area contributed by atoms with Crippen molar-refractivity contribution < 1.29 is 33.1 Å². The van der Waals surface area contributed by atoms with E-state index in [0.29, 0.717) is 49.0 Å². The highest BCUT2D eigenvalue weighted by Crippen LogP contribution is 2.36. The summed E-state index contributed by atoms with van der Waals surface area (Å²) in [6.45, 7) is 4.02. The SMILES string of the molecule is CC(=O)c1cc2c(cc1C)c(C(=Nc1ccc(S(=O)(=O)N(C)OCCO)cc1)c1ccccc1)c(O)n2C(C)=O. The van der Waals surface area contributed by atoms with Crippen molar-refractivity contribution in [2.45, 2.75) is 25.7 Å². The summed E-state index contributed by atoms with van der Waals surface area (Å²) >= 11 is 0. The third kappa shape index (κ3) is 5.45. The number of aliphatic hydroxyl groups excluding tert-OH is 1. The Morgan fingerprint density at radius 1 is 1.02 bits per heavy atom. The number of aromatic hydroxyl groups is 1. The second-order valence-corrected chi connectivity index (χ2v) is 11.0. The fourth-order valence-corrected chi connectivity index (χ4v) is 5.42. The van der Waals surface area contributed by atoms with Crippen LogP contribution in [0.1, 0.15) is 45.7 Å². The monoisotopic (exact) mass is 563 g/mol. The van der Waals surface area contributed by atoms with Crippen LogP contribution in [0.5, 0.6) is 5.88 Å². The summed E-state index contributed by atoms with van der Waals surface area (Å²) in [4.78, 5) is 34.6. The highest BCUT2D eigenvalue weighted by Gasteiger charge is 2.26. The number of carbonyl (C=O) groups excluding carboxylic acids is 2. The van der Waals surface area contributed by atoms with Crippen LogP contribution in [-0.2, 0) is 14.9 Å². The van der Waals surface area contributed by atoms with E-state index in [-0.39, 0.29) is 29.8 Å². The first-order valence-corrected chi connectivity index (χ1v) is 13.8. The molecule has 4 aromatic rings. The Labute approximate surface area is 231 Å². The minimum absolute atomic E-state index is 0.0448. The molecule has 0 bridgehead atoms. The number of Topliss-reactive ketones (excluding diaryl/α,β-unsaturated/α-hetero) is 1. The molecule has 0 spiro atoms. The Kier molecular flexibility index (Phi) is 8.31. The molecular weight excluding hydrogens is 534 g/mol. The minimum atomic E-state index is -3.98. The molecular formula is C29H29N3O7S. The Bertz CT molecular complexity index is 1730. The van der Waals surface area contributed by atoms with Gasteiger partial charge in [-0.3, -0.25) is 19.0 Å². The maximum atomic E-state index is 12.8. The third-order valence-corrected chi connectivity index (χ3v) is 8.00. The Hall–Kier alpha value is -4.16. The zero-order chi connectivity index (χ0) is 29.2. The molecule has 11 heteroatoms. The summed E-state index contributed by atoms with van der Waals surface area (Å²) in [5, 5.41) is 20.8. The van der Waals surface area contributed by atoms with Crippen molar-refractivity contribution in [1.82, 2.24) is 9.04 Å². The Balaban J connectivity index is 1.93. The van der Waals surface area contributed by atoms with Gasteiger partial charge >= 0.3 is 0 Å². The first kappa shape index (κ1) is 28.8. The second-order valence-electron chi connectivity index (χ2n) is 9.09. The number of sulfonamides is 1. The van der Waals surface area contributed by atoms with Crippen LogP contribution in [0.15, 0.2) is 76.6 Å². The molecule has 208 valence electrons. The largest absolute Gasteiger partial charge is 0.494 e. The van der Waals surface area contributed by atoms with Crippen LogP contribution in [0.2, 0.25) is 0 Å². The molecule has 1 aromatic heterocycles. The highest BCUT2D eigenvalue weighted by atomic mass is 32.2. The van der Waals surface area contributed by atoms with E-state index in [1.807, 2.05) is 18.2 Å². The molecule has 2 N–H and O–H groups in total. The molecule has 0 radical (unpaired) electrons. The summed E-state index contributed by atoms with van der Waals surface area (Å²) in [6, 6.07) is 18.2. The van der Waals surface area contributed by atoms with E-state index in [1.165, 1.54) is 45.2 Å². The Morgan fingerprint density at radius 3 is 2.25 bits per heavy atom. The molecule has 0 aliphatic heterocycles. The van der Waals surface area contributed by atoms with E-state index in [9.17, 15) is 23.1 Å². The maximum Gasteiger partial charge on any atom is 0.264 e. The number of carbonyl (C=O) groups is 2. The van der Waals surface area contributed by atoms with Crippen molar-refractivity contribution in [3.05, 3.63) is 89.0 Å². The zero-order valence-corrected chi connectivity index (χ0v) is 23.3. The number of hydrogen-bond donors (Lipinski definition) is 2. The fourth-order valence-electron chi connectivity index (χ4n) is 4.43. The van der Waals surface area contributed by atoms with Crippen molar-refractivity contribution in [3.63, 3.8) is 0 Å². The van der Waals surface area contributed by atoms with Crippen LogP contribution in [0.3, 0.4) is 0 Å². The van der Waals surface area contributed by atoms with Crippen LogP contribution < -0.4 is 0 Å². The normalized spacial score (nSPS) is 12.3. The molecule has 4 rings (SSSR count). The van der Waals surface area contributed by atoms with Gasteiger partial charge in [-0.1, -0.05) is 34.8 Å². The average molecular weight is 564 g/mol. The predicted molar refractivity (Wildman–Crippen MR) is 151 cm³/mol. The van der Waals surface area contributed by atoms with Gasteiger partial charge in [0.15, 0.2) is 5.78 Å². The lowest BCUT2D eigenvalue weighted by molar-refractivity contribution is -0.0770. The molecule has 0 saturated heterocycles. The average Bonchev–Trinajstić information content (AvgIpc) is 3.20. The summed E-state index contributed by atoms with van der Waals surface area (Å²) in [5.74, 6) is -0.940. The number of ketones is 1. The van der Waals surface area contributed by atoms with Crippen LogP contribution in [0, 0.1) is 6.92 Å². The lowest BCUT2D eigenvalue weighted by Gasteiger charge is -2.16. The van der Waals surface area contributed by atoms with Gasteiger partial charge in [-0.05, 0) is 55.8 Å². The number of aryl methyl sites for hydroxylation is 1. The van der Waals surface area contributed by atoms with Gasteiger partial charge in [0.05, 0.1) is 40.6 Å². The van der Waals surface area contributed by atoms with Crippen LogP contribution in [-0.4, -0.2) is 65.3 Å². The van der Waals surface area contributed by atoms with Gasteiger partial charge in [-0.15, -0.1) is 0 Å². The van der Waals surface area contributed by atoms with E-state index < -0.39 is 15.9 Å². The summed E-state index contributed by atoms with van der Waals surface area (Å²) in [5.41, 5.74) is 3.14. The van der Waals surface area contributed by atoms with E-state index in [0.717, 1.165) is 4.57 Å². The predicted octanol–water partition coefficient (Wildman–Crippen LogP) is 4.23. The molecule has 10 nitrogen and oxygen atoms in total. The molecule has 0 aliphatic carbocycles. The van der Waals surface area contributed by atoms with E-state index in [4.69, 9.17) is 14.9 Å². The number of nitrogens with zero attached hydrogens (tertiary/aromatic N) is 3. The van der Waals surface area contributed by atoms with Gasteiger partial charge in [0.2, 0.25) is 11.8 Å². The van der Waals surface area contributed by atoms with E-state index in [1.54, 1.807) is 31.2 Å². The van der Waals surface area contributed by atoms with Crippen molar-refractivity contribution in [3.8, 4) is 5.88 Å². The van der Waals surface area contributed by atoms with Crippen molar-refractivity contribution in [1.29, 1.82) is 0 Å². The van der Waals surface area contributed by atoms with E-state index >= 15 is 0 Å². The first-order valence-electron chi connectivity index (χ1n) is 12.3. The lowest BCUT2D eigenvalue weighted by atomic mass is 9.97. The number of fused-ring (bicyclic) bond motifs is 1. The lowest BCUT2D eigenvalue weighted by Crippen LogP contribution is -2.28. The smallest absolute Gasteiger partial charge is 0.264 e. The van der Waals surface area contributed by atoms with Gasteiger partial charge in [0.1, 0.15) is 0 Å². The van der Waals surface area contributed by atoms with Crippen LogP contribution in [0.4, 0.5) is 5.69 Å². The molecule has 0 unspecified atom stereocenters. The molecule has 0 amide bonds. The number of benzene rings is 3. The van der Waals surface area contributed by atoms with Gasteiger partial charge in [0.25, 0.3) is 10.0 Å². The fraction of sp³-hybridized carbons (Fsp3) is 0.207. The molecule has 0 aliphatic rings. The maximum absolute atomic E-state index is 12.8. The molecule has 1 heterocycles. The first-order chi connectivity index (χ1) is 19.0. The minimum Gasteiger partial charge on any atom is -0.494 e. The van der Waals surface area contributed by atoms with Crippen molar-refractivity contribution >= 4 is 44.0 Å². The number of aliphatic hydroxyl groups is 1. The van der Waals surface area contributed by atoms with E-state index in [2.05, 4.69) is 0 Å². The number of rotatable bonds is 9. The van der Waals surface area contributed by atoms with Crippen molar-refractivity contribution in [2.24, 2.45) is 4.99 Å². The van der Waals surface area contributed by atoms with Gasteiger partial charge in [0, 0.05) is 30.5 Å². The molecule has 0 fully saturated rings. The topological polar surface area (TPSA) is 138 Å². The number of aliphatic imine (C=N–C) groups is 1. The molecule has 0 saturated carbocycles. The van der Waals surface area contributed by atoms with Gasteiger partial charge in [-0.25, -0.2) is 13.4 Å². The number of hydroxylamine groups is 1. The molecule has 0 atom stereocenters. The highest BCUT2D eigenvalue weighted by molar-refractivity contribution is 7.89. The Morgan fingerprint density at radius 2 is 1.68 bits per heavy atom. The standard InChI is InChI=1S/C29H29N3O7S/c1-18-16-25-26(17-24(18)19(2)34)32(20(3)35)29(36)27(25)28(21-8-6-5-7-9-21)30-22-10-12-23(13-11-22)40(37,38)31(4)39-15-14-33/h5-13,16-17,33,36H,14-15H2,1-4H3. The molecule has 3 aromatic carbocycles. The summed E-state index contributed by atoms with van der Waals surface area (Å²) < 4.78 is 27.4. The third-order valence-electron chi connectivity index (χ3n) is 6.34. The van der Waals surface area contributed by atoms with Crippen LogP contribution >= 0.6 is 0 Å². The van der Waals surface area contributed by atoms with Gasteiger partial charge < -0.3 is 10.2 Å². The van der Waals surface area contributed by atoms with Gasteiger partial charge in [-0.2, -0.15) is 0 Å². The van der Waals surface area contributed by atoms with Crippen molar-refractivity contribution in [2.75, 3.05) is 20.3 Å². The number of aromatic nitrogens is 1. The zero-order valence-electron chi connectivity index (χ0n) is 22.5.